The molecule has 0 amide bonds. The van der Waals surface area contributed by atoms with Crippen LogP contribution in [0.25, 0.3) is 5.69 Å². The van der Waals surface area contributed by atoms with E-state index < -0.39 is 0 Å². The normalized spacial score (nSPS) is 15.8. The molecule has 0 aliphatic carbocycles. The van der Waals surface area contributed by atoms with Crippen LogP contribution in [0.5, 0.6) is 11.5 Å². The van der Waals surface area contributed by atoms with Gasteiger partial charge in [-0.25, -0.2) is 9.97 Å². The summed E-state index contributed by atoms with van der Waals surface area (Å²) in [6.07, 6.45) is 5.00. The van der Waals surface area contributed by atoms with Gasteiger partial charge in [-0.05, 0) is 43.9 Å². The molecule has 0 bridgehead atoms. The number of benzene rings is 1. The first kappa shape index (κ1) is 19.5. The zero-order valence-corrected chi connectivity index (χ0v) is 18.5. The van der Waals surface area contributed by atoms with E-state index in [4.69, 9.17) is 9.47 Å². The Balaban J connectivity index is 1.38. The third-order valence-corrected chi connectivity index (χ3v) is 6.45. The van der Waals surface area contributed by atoms with Gasteiger partial charge < -0.3 is 14.0 Å². The van der Waals surface area contributed by atoms with Crippen molar-refractivity contribution >= 4 is 11.8 Å². The Kier molecular flexibility index (Phi) is 5.16. The maximum atomic E-state index is 5.78. The van der Waals surface area contributed by atoms with Gasteiger partial charge in [-0.2, -0.15) is 0 Å². The molecule has 7 heteroatoms. The van der Waals surface area contributed by atoms with Crippen molar-refractivity contribution in [2.24, 2.45) is 0 Å². The average Bonchev–Trinajstić information content (AvgIpc) is 3.05. The molecule has 0 spiro atoms. The zero-order valence-electron chi connectivity index (χ0n) is 17.6. The van der Waals surface area contributed by atoms with Crippen molar-refractivity contribution in [2.45, 2.75) is 38.5 Å². The number of nitrogens with zero attached hydrogens (tertiary/aromatic N) is 4. The van der Waals surface area contributed by atoms with Crippen molar-refractivity contribution in [3.05, 3.63) is 58.7 Å². The van der Waals surface area contributed by atoms with E-state index in [0.717, 1.165) is 48.4 Å². The van der Waals surface area contributed by atoms with Crippen molar-refractivity contribution in [3.63, 3.8) is 0 Å². The van der Waals surface area contributed by atoms with Crippen molar-refractivity contribution in [3.8, 4) is 17.2 Å². The summed E-state index contributed by atoms with van der Waals surface area (Å²) in [5, 5.41) is 0.866. The highest BCUT2D eigenvalue weighted by Gasteiger charge is 2.21. The summed E-state index contributed by atoms with van der Waals surface area (Å²) in [6.45, 7) is 8.42. The van der Waals surface area contributed by atoms with Crippen LogP contribution in [-0.2, 0) is 19.5 Å². The minimum Gasteiger partial charge on any atom is -0.486 e. The van der Waals surface area contributed by atoms with Gasteiger partial charge in [0.15, 0.2) is 16.7 Å². The third kappa shape index (κ3) is 3.56. The minimum absolute atomic E-state index is 0.601. The Morgan fingerprint density at radius 3 is 2.77 bits per heavy atom. The number of aryl methyl sites for hydroxylation is 1. The molecule has 0 saturated heterocycles. The van der Waals surface area contributed by atoms with Crippen molar-refractivity contribution < 1.29 is 9.47 Å². The van der Waals surface area contributed by atoms with Crippen LogP contribution in [0.2, 0.25) is 0 Å². The monoisotopic (exact) mass is 422 g/mol. The molecule has 2 aliphatic heterocycles. The lowest BCUT2D eigenvalue weighted by Gasteiger charge is -2.28. The summed E-state index contributed by atoms with van der Waals surface area (Å²) < 4.78 is 13.8. The molecule has 30 heavy (non-hydrogen) atoms. The minimum atomic E-state index is 0.601. The van der Waals surface area contributed by atoms with Gasteiger partial charge in [0.25, 0.3) is 0 Å². The molecule has 1 aromatic carbocycles. The van der Waals surface area contributed by atoms with Crippen LogP contribution in [0.3, 0.4) is 0 Å². The van der Waals surface area contributed by atoms with Crippen molar-refractivity contribution in [2.75, 3.05) is 26.0 Å². The quantitative estimate of drug-likeness (QED) is 0.469. The number of aromatic nitrogens is 3. The fraction of sp³-hybridized carbons (Fsp3) is 0.391. The fourth-order valence-electron chi connectivity index (χ4n) is 4.39. The molecule has 156 valence electrons. The predicted molar refractivity (Wildman–Crippen MR) is 118 cm³/mol. The molecule has 3 aromatic rings. The third-order valence-electron chi connectivity index (χ3n) is 5.89. The first-order valence-electron chi connectivity index (χ1n) is 10.3. The molecule has 2 aliphatic rings. The first-order valence-corrected chi connectivity index (χ1v) is 11.5. The number of hydrogen-bond acceptors (Lipinski definition) is 6. The van der Waals surface area contributed by atoms with Gasteiger partial charge in [-0.3, -0.25) is 4.90 Å². The Bertz CT molecular complexity index is 1100. The number of ether oxygens (including phenoxy) is 2. The van der Waals surface area contributed by atoms with E-state index >= 15 is 0 Å². The lowest BCUT2D eigenvalue weighted by atomic mass is 10.1. The van der Waals surface area contributed by atoms with E-state index in [1.54, 1.807) is 11.8 Å². The largest absolute Gasteiger partial charge is 0.486 e. The van der Waals surface area contributed by atoms with E-state index in [1.165, 1.54) is 28.2 Å². The smallest absolute Gasteiger partial charge is 0.187 e. The van der Waals surface area contributed by atoms with Crippen LogP contribution in [0.15, 0.2) is 35.6 Å². The molecule has 0 radical (unpaired) electrons. The molecule has 0 fully saturated rings. The van der Waals surface area contributed by atoms with E-state index in [2.05, 4.69) is 51.5 Å². The van der Waals surface area contributed by atoms with E-state index in [9.17, 15) is 0 Å². The van der Waals surface area contributed by atoms with Gasteiger partial charge in [-0.15, -0.1) is 0 Å². The van der Waals surface area contributed by atoms with Gasteiger partial charge in [0.2, 0.25) is 0 Å². The van der Waals surface area contributed by atoms with E-state index in [1.807, 2.05) is 18.5 Å². The average molecular weight is 423 g/mol. The summed E-state index contributed by atoms with van der Waals surface area (Å²) in [5.74, 6) is 1.65. The summed E-state index contributed by atoms with van der Waals surface area (Å²) in [5.41, 5.74) is 7.41. The molecule has 0 N–H and O–H groups in total. The maximum Gasteiger partial charge on any atom is 0.187 e. The Labute approximate surface area is 181 Å². The zero-order chi connectivity index (χ0) is 20.7. The van der Waals surface area contributed by atoms with Crippen LogP contribution in [-0.4, -0.2) is 45.4 Å². The maximum absolute atomic E-state index is 5.78. The number of fused-ring (bicyclic) bond motifs is 2. The number of thioether (sulfide) groups is 1. The van der Waals surface area contributed by atoms with Crippen LogP contribution < -0.4 is 9.47 Å². The van der Waals surface area contributed by atoms with Crippen LogP contribution in [0.4, 0.5) is 0 Å². The van der Waals surface area contributed by atoms with Crippen molar-refractivity contribution in [1.29, 1.82) is 0 Å². The second-order valence-electron chi connectivity index (χ2n) is 7.85. The Morgan fingerprint density at radius 1 is 1.10 bits per heavy atom. The summed E-state index contributed by atoms with van der Waals surface area (Å²) in [4.78, 5) is 11.6. The molecule has 0 atom stereocenters. The SMILES string of the molecule is CSc1ncc2c(n1)CCN(Cc1cc(C)n(-c3ccc4c(c3)OCCO4)c1C)C2. The second kappa shape index (κ2) is 7.96. The van der Waals surface area contributed by atoms with Gasteiger partial charge in [0, 0.05) is 61.0 Å². The molecular weight excluding hydrogens is 396 g/mol. The highest BCUT2D eigenvalue weighted by molar-refractivity contribution is 7.98. The molecule has 6 nitrogen and oxygen atoms in total. The van der Waals surface area contributed by atoms with Crippen LogP contribution in [0.1, 0.15) is 28.2 Å². The standard InChI is InChI=1S/C23H26N4O2S/c1-15-10-17(13-26-7-6-20-18(14-26)12-24-23(25-20)30-3)16(2)27(15)19-4-5-21-22(11-19)29-9-8-28-21/h4-5,10-12H,6-9,13-14H2,1-3H3. The van der Waals surface area contributed by atoms with Crippen LogP contribution >= 0.6 is 11.8 Å². The molecule has 4 heterocycles. The highest BCUT2D eigenvalue weighted by Crippen LogP contribution is 2.34. The molecule has 0 unspecified atom stereocenters. The second-order valence-corrected chi connectivity index (χ2v) is 8.62. The van der Waals surface area contributed by atoms with Gasteiger partial charge in [0.05, 0.1) is 5.69 Å². The van der Waals surface area contributed by atoms with Gasteiger partial charge in [0.1, 0.15) is 13.2 Å². The van der Waals surface area contributed by atoms with Gasteiger partial charge >= 0.3 is 0 Å². The topological polar surface area (TPSA) is 52.4 Å². The molecular formula is C23H26N4O2S. The van der Waals surface area contributed by atoms with Gasteiger partial charge in [-0.1, -0.05) is 11.8 Å². The lowest BCUT2D eigenvalue weighted by molar-refractivity contribution is 0.171. The summed E-state index contributed by atoms with van der Waals surface area (Å²) in [7, 11) is 0. The summed E-state index contributed by atoms with van der Waals surface area (Å²) in [6, 6.07) is 8.49. The van der Waals surface area contributed by atoms with E-state index in [0.29, 0.717) is 13.2 Å². The highest BCUT2D eigenvalue weighted by atomic mass is 32.2. The van der Waals surface area contributed by atoms with Crippen LogP contribution in [0, 0.1) is 13.8 Å². The van der Waals surface area contributed by atoms with Crippen molar-refractivity contribution in [1.82, 2.24) is 19.4 Å². The number of rotatable bonds is 4. The first-order chi connectivity index (χ1) is 14.6. The predicted octanol–water partition coefficient (Wildman–Crippen LogP) is 3.94. The number of hydrogen-bond donors (Lipinski definition) is 0. The fourth-order valence-corrected chi connectivity index (χ4v) is 4.75. The molecule has 2 aromatic heterocycles. The Hall–Kier alpha value is -2.51. The molecule has 0 saturated carbocycles. The Morgan fingerprint density at radius 2 is 1.93 bits per heavy atom. The summed E-state index contributed by atoms with van der Waals surface area (Å²) >= 11 is 1.60. The molecule has 5 rings (SSSR count). The van der Waals surface area contributed by atoms with E-state index in [-0.39, 0.29) is 0 Å². The lowest BCUT2D eigenvalue weighted by Crippen LogP contribution is -2.31.